The summed E-state index contributed by atoms with van der Waals surface area (Å²) >= 11 is 0. The number of piperidine rings is 1. The lowest BCUT2D eigenvalue weighted by Crippen LogP contribution is -2.52. The van der Waals surface area contributed by atoms with E-state index in [0.717, 1.165) is 17.0 Å². The van der Waals surface area contributed by atoms with Gasteiger partial charge < -0.3 is 25.0 Å². The van der Waals surface area contributed by atoms with Crippen LogP contribution in [0.4, 0.5) is 50.0 Å². The Morgan fingerprint density at radius 3 is 2.02 bits per heavy atom. The molecule has 17 heteroatoms. The van der Waals surface area contributed by atoms with E-state index < -0.39 is 42.3 Å². The van der Waals surface area contributed by atoms with Crippen LogP contribution in [0.25, 0.3) is 0 Å². The lowest BCUT2D eigenvalue weighted by Gasteiger charge is -2.38. The second-order valence-electron chi connectivity index (χ2n) is 9.91. The van der Waals surface area contributed by atoms with Gasteiger partial charge in [-0.1, -0.05) is 6.07 Å². The minimum atomic E-state index is -5.84. The number of rotatable bonds is 8. The number of carbonyl (C=O) groups is 2. The van der Waals surface area contributed by atoms with Crippen LogP contribution in [0.2, 0.25) is 0 Å². The molecule has 2 N–H and O–H groups in total. The predicted octanol–water partition coefficient (Wildman–Crippen LogP) is 4.34. The van der Waals surface area contributed by atoms with Crippen molar-refractivity contribution >= 4 is 17.7 Å². The van der Waals surface area contributed by atoms with Crippen molar-refractivity contribution in [2.75, 3.05) is 57.3 Å². The van der Waals surface area contributed by atoms with E-state index in [1.807, 2.05) is 0 Å². The van der Waals surface area contributed by atoms with Crippen LogP contribution in [0.15, 0.2) is 18.2 Å². The van der Waals surface area contributed by atoms with Gasteiger partial charge in [-0.05, 0) is 43.0 Å². The van der Waals surface area contributed by atoms with E-state index >= 15 is 0 Å². The van der Waals surface area contributed by atoms with E-state index in [1.54, 1.807) is 9.80 Å². The van der Waals surface area contributed by atoms with Crippen molar-refractivity contribution in [3.05, 3.63) is 29.3 Å². The highest BCUT2D eigenvalue weighted by Crippen LogP contribution is 2.37. The molecular formula is C24H29F9N4O4. The molecule has 41 heavy (non-hydrogen) atoms. The molecule has 232 valence electrons. The van der Waals surface area contributed by atoms with Crippen LogP contribution in [-0.2, 0) is 22.3 Å². The fourth-order valence-corrected chi connectivity index (χ4v) is 4.75. The van der Waals surface area contributed by atoms with Gasteiger partial charge in [0.1, 0.15) is 0 Å². The third-order valence-electron chi connectivity index (χ3n) is 6.91. The first kappa shape index (κ1) is 32.6. The molecule has 0 unspecified atom stereocenters. The number of halogens is 9. The van der Waals surface area contributed by atoms with Crippen molar-refractivity contribution < 1.29 is 58.9 Å². The summed E-state index contributed by atoms with van der Waals surface area (Å²) in [7, 11) is 0. The van der Waals surface area contributed by atoms with Gasteiger partial charge in [-0.2, -0.15) is 39.5 Å². The second kappa shape index (κ2) is 12.9. The van der Waals surface area contributed by atoms with Crippen molar-refractivity contribution in [3.8, 4) is 0 Å². The molecule has 0 atom stereocenters. The largest absolute Gasteiger partial charge is 0.480 e. The highest BCUT2D eigenvalue weighted by molar-refractivity contribution is 5.69. The van der Waals surface area contributed by atoms with Gasteiger partial charge in [0.25, 0.3) is 6.10 Å². The van der Waals surface area contributed by atoms with Crippen molar-refractivity contribution in [3.63, 3.8) is 0 Å². The Labute approximate surface area is 229 Å². The monoisotopic (exact) mass is 608 g/mol. The smallest absolute Gasteiger partial charge is 0.434 e. The fourth-order valence-electron chi connectivity index (χ4n) is 4.75. The summed E-state index contributed by atoms with van der Waals surface area (Å²) < 4.78 is 120. The number of hydrogen-bond donors (Lipinski definition) is 2. The molecule has 0 bridgehead atoms. The first-order chi connectivity index (χ1) is 18.9. The summed E-state index contributed by atoms with van der Waals surface area (Å²) in [5.74, 6) is -0.859. The number of nitrogens with zero attached hydrogens (tertiary/aromatic N) is 3. The third kappa shape index (κ3) is 9.28. The van der Waals surface area contributed by atoms with Crippen LogP contribution in [0.1, 0.15) is 24.0 Å². The lowest BCUT2D eigenvalue weighted by molar-refractivity contribution is -0.308. The zero-order chi connectivity index (χ0) is 30.6. The first-order valence-electron chi connectivity index (χ1n) is 12.6. The van der Waals surface area contributed by atoms with Crippen molar-refractivity contribution in [1.29, 1.82) is 0 Å². The molecule has 0 aromatic heterocycles. The van der Waals surface area contributed by atoms with E-state index in [0.29, 0.717) is 43.7 Å². The number of amides is 1. The van der Waals surface area contributed by atoms with Gasteiger partial charge in [-0.25, -0.2) is 4.79 Å². The summed E-state index contributed by atoms with van der Waals surface area (Å²) in [6.07, 6.45) is -21.1. The van der Waals surface area contributed by atoms with E-state index in [4.69, 9.17) is 5.11 Å². The number of ether oxygens (including phenoxy) is 1. The quantitative estimate of drug-likeness (QED) is 0.425. The molecular weight excluding hydrogens is 579 g/mol. The Bertz CT molecular complexity index is 1040. The van der Waals surface area contributed by atoms with Gasteiger partial charge in [0.05, 0.1) is 12.1 Å². The Morgan fingerprint density at radius 1 is 0.927 bits per heavy atom. The van der Waals surface area contributed by atoms with E-state index in [-0.39, 0.29) is 45.2 Å². The van der Waals surface area contributed by atoms with Crippen LogP contribution < -0.4 is 10.2 Å². The zero-order valence-corrected chi connectivity index (χ0v) is 21.6. The minimum Gasteiger partial charge on any atom is -0.480 e. The second-order valence-corrected chi connectivity index (χ2v) is 9.91. The number of hydrogen-bond acceptors (Lipinski definition) is 6. The average molecular weight is 609 g/mol. The van der Waals surface area contributed by atoms with Gasteiger partial charge in [0.2, 0.25) is 0 Å². The van der Waals surface area contributed by atoms with Crippen LogP contribution >= 0.6 is 0 Å². The number of carbonyl (C=O) groups excluding carboxylic acids is 1. The molecule has 2 saturated heterocycles. The number of piperazine rings is 1. The molecule has 2 aliphatic heterocycles. The average Bonchev–Trinajstić information content (AvgIpc) is 2.86. The predicted molar refractivity (Wildman–Crippen MR) is 126 cm³/mol. The standard InChI is InChI=1S/C24H29F9N4O4/c25-22(26,27)17-2-1-16(18(11-17)36-5-3-15(4-6-36)12-34-13-19(38)39)14-35-7-9-37(10-8-35)21(40)41-20(23(28,29)30)24(31,32)33/h1-2,11,15,20,34H,3-10,12-14H2,(H,38,39). The van der Waals surface area contributed by atoms with E-state index in [9.17, 15) is 49.1 Å². The van der Waals surface area contributed by atoms with Gasteiger partial charge in [-0.3, -0.25) is 9.69 Å². The Hall–Kier alpha value is -2.95. The molecule has 0 aliphatic carbocycles. The number of alkyl halides is 9. The maximum atomic E-state index is 13.5. The molecule has 0 spiro atoms. The number of aliphatic carboxylic acids is 1. The van der Waals surface area contributed by atoms with Crippen molar-refractivity contribution in [2.45, 2.75) is 44.0 Å². The van der Waals surface area contributed by atoms with Crippen LogP contribution in [0, 0.1) is 5.92 Å². The molecule has 8 nitrogen and oxygen atoms in total. The highest BCUT2D eigenvalue weighted by Gasteiger charge is 2.60. The fraction of sp³-hybridized carbons (Fsp3) is 0.667. The molecule has 3 rings (SSSR count). The SMILES string of the molecule is O=C(O)CNCC1CCN(c2cc(C(F)(F)F)ccc2CN2CCN(C(=O)OC(C(F)(F)F)C(F)(F)F)CC2)CC1. The van der Waals surface area contributed by atoms with Crippen LogP contribution in [0.5, 0.6) is 0 Å². The molecule has 2 heterocycles. The summed E-state index contributed by atoms with van der Waals surface area (Å²) in [6.45, 7) is 0.816. The summed E-state index contributed by atoms with van der Waals surface area (Å²) in [6, 6.07) is 3.31. The Morgan fingerprint density at radius 2 is 1.51 bits per heavy atom. The maximum Gasteiger partial charge on any atom is 0.434 e. The third-order valence-corrected chi connectivity index (χ3v) is 6.91. The zero-order valence-electron chi connectivity index (χ0n) is 21.6. The van der Waals surface area contributed by atoms with E-state index in [1.165, 1.54) is 6.07 Å². The van der Waals surface area contributed by atoms with Crippen molar-refractivity contribution in [2.24, 2.45) is 5.92 Å². The Balaban J connectivity index is 1.64. The Kier molecular flexibility index (Phi) is 10.3. The molecule has 2 fully saturated rings. The van der Waals surface area contributed by atoms with Crippen LogP contribution in [0.3, 0.4) is 0 Å². The number of carboxylic acids is 1. The molecule has 1 aromatic rings. The lowest BCUT2D eigenvalue weighted by atomic mass is 9.95. The van der Waals surface area contributed by atoms with Gasteiger partial charge in [-0.15, -0.1) is 0 Å². The maximum absolute atomic E-state index is 13.5. The van der Waals surface area contributed by atoms with Crippen LogP contribution in [-0.4, -0.2) is 97.8 Å². The highest BCUT2D eigenvalue weighted by atomic mass is 19.4. The normalized spacial score (nSPS) is 18.2. The molecule has 2 aliphatic rings. The topological polar surface area (TPSA) is 85.4 Å². The number of benzene rings is 1. The number of nitrogens with one attached hydrogen (secondary N) is 1. The van der Waals surface area contributed by atoms with Crippen molar-refractivity contribution in [1.82, 2.24) is 15.1 Å². The number of carboxylic acid groups (broad SMARTS) is 1. The molecule has 0 saturated carbocycles. The summed E-state index contributed by atoms with van der Waals surface area (Å²) in [5.41, 5.74) is 0.0282. The summed E-state index contributed by atoms with van der Waals surface area (Å²) in [4.78, 5) is 27.0. The molecule has 1 amide bonds. The minimum absolute atomic E-state index is 0.0373. The molecule has 0 radical (unpaired) electrons. The summed E-state index contributed by atoms with van der Waals surface area (Å²) in [5, 5.41) is 11.6. The first-order valence-corrected chi connectivity index (χ1v) is 12.6. The molecule has 1 aromatic carbocycles. The van der Waals surface area contributed by atoms with Gasteiger partial charge >= 0.3 is 30.6 Å². The number of anilines is 1. The van der Waals surface area contributed by atoms with Gasteiger partial charge in [0.15, 0.2) is 0 Å². The van der Waals surface area contributed by atoms with E-state index in [2.05, 4.69) is 10.1 Å². The van der Waals surface area contributed by atoms with Gasteiger partial charge in [0, 0.05) is 51.5 Å².